The number of fused-ring (bicyclic) bond motifs is 1. The summed E-state index contributed by atoms with van der Waals surface area (Å²) in [6, 6.07) is 5.81. The van der Waals surface area contributed by atoms with Gasteiger partial charge in [-0.25, -0.2) is 27.5 Å². The number of hydrogen-bond acceptors (Lipinski definition) is 9. The highest BCUT2D eigenvalue weighted by Crippen LogP contribution is 2.38. The second-order valence-corrected chi connectivity index (χ2v) is 8.95. The first-order chi connectivity index (χ1) is 18.4. The van der Waals surface area contributed by atoms with Crippen LogP contribution in [0, 0.1) is 17.5 Å². The summed E-state index contributed by atoms with van der Waals surface area (Å²) in [5.74, 6) is -4.23. The molecule has 2 aliphatic heterocycles. The molecule has 11 nitrogen and oxygen atoms in total. The summed E-state index contributed by atoms with van der Waals surface area (Å²) in [6.45, 7) is -0.596. The molecule has 3 N–H and O–H groups in total. The molecule has 0 amide bonds. The maximum absolute atomic E-state index is 13.8. The molecule has 0 unspecified atom stereocenters. The van der Waals surface area contributed by atoms with Gasteiger partial charge in [0.05, 0.1) is 24.2 Å². The van der Waals surface area contributed by atoms with Gasteiger partial charge in [-0.3, -0.25) is 4.99 Å². The van der Waals surface area contributed by atoms with Gasteiger partial charge in [-0.15, -0.1) is 5.10 Å². The van der Waals surface area contributed by atoms with E-state index in [2.05, 4.69) is 25.4 Å². The number of aliphatic hydroxyl groups is 3. The van der Waals surface area contributed by atoms with Gasteiger partial charge in [0.25, 0.3) is 0 Å². The standard InChI is InChI=1S/C24H20F3N7O4/c25-14-6-12(7-15(26)19(14)27)17-8-33(32-31-17)20-21(36)18(9-35)38-23(22(20)37)24-29-10-30-34(24)13-1-2-16-11(5-13)3-4-28-16/h1-2,4-8,10,18,20-23,35-37H,3,9H2/t18-,20+,21+,22-,23-/m1/s1. The first-order valence-electron chi connectivity index (χ1n) is 11.6. The zero-order valence-corrected chi connectivity index (χ0v) is 19.4. The lowest BCUT2D eigenvalue weighted by Gasteiger charge is -2.41. The Labute approximate surface area is 212 Å². The SMILES string of the molecule is OC[C@H]1O[C@@H](c2ncnn2-c2ccc3c(c2)CC=N3)[C@H](O)[C@@H](n2cc(-c3cc(F)c(F)c(F)c3)nn2)[C@H]1O. The summed E-state index contributed by atoms with van der Waals surface area (Å²) in [4.78, 5) is 8.56. The van der Waals surface area contributed by atoms with Crippen LogP contribution in [0.1, 0.15) is 23.5 Å². The topological polar surface area (TPSA) is 144 Å². The van der Waals surface area contributed by atoms with E-state index < -0.39 is 54.5 Å². The smallest absolute Gasteiger partial charge is 0.194 e. The third-order valence-electron chi connectivity index (χ3n) is 6.67. The molecule has 0 aliphatic carbocycles. The predicted octanol–water partition coefficient (Wildman–Crippen LogP) is 1.60. The highest BCUT2D eigenvalue weighted by molar-refractivity contribution is 5.76. The van der Waals surface area contributed by atoms with Crippen molar-refractivity contribution < 1.29 is 33.2 Å². The van der Waals surface area contributed by atoms with Gasteiger partial charge in [0, 0.05) is 18.2 Å². The number of aliphatic hydroxyl groups excluding tert-OH is 3. The summed E-state index contributed by atoms with van der Waals surface area (Å²) in [5, 5.41) is 44.2. The molecule has 1 fully saturated rings. The minimum absolute atomic E-state index is 0.0330. The van der Waals surface area contributed by atoms with Crippen LogP contribution in [-0.2, 0) is 11.2 Å². The molecule has 6 rings (SSSR count). The fourth-order valence-electron chi connectivity index (χ4n) is 4.76. The summed E-state index contributed by atoms with van der Waals surface area (Å²) >= 11 is 0. The van der Waals surface area contributed by atoms with Crippen LogP contribution in [0.5, 0.6) is 0 Å². The van der Waals surface area contributed by atoms with Crippen molar-refractivity contribution in [2.24, 2.45) is 4.99 Å². The number of ether oxygens (including phenoxy) is 1. The van der Waals surface area contributed by atoms with Crippen molar-refractivity contribution in [2.45, 2.75) is 36.9 Å². The maximum Gasteiger partial charge on any atom is 0.194 e. The molecule has 4 heterocycles. The molecular weight excluding hydrogens is 507 g/mol. The van der Waals surface area contributed by atoms with Crippen LogP contribution in [0.25, 0.3) is 16.9 Å². The van der Waals surface area contributed by atoms with E-state index in [9.17, 15) is 28.5 Å². The Balaban J connectivity index is 1.35. The molecule has 1 saturated heterocycles. The minimum atomic E-state index is -1.62. The Morgan fingerprint density at radius 2 is 1.84 bits per heavy atom. The molecule has 5 atom stereocenters. The van der Waals surface area contributed by atoms with Crippen LogP contribution < -0.4 is 0 Å². The summed E-state index contributed by atoms with van der Waals surface area (Å²) in [6.07, 6.45) is -0.252. The Morgan fingerprint density at radius 3 is 2.61 bits per heavy atom. The van der Waals surface area contributed by atoms with Crippen molar-refractivity contribution >= 4 is 11.9 Å². The van der Waals surface area contributed by atoms with Gasteiger partial charge in [-0.2, -0.15) is 5.10 Å². The molecule has 0 radical (unpaired) electrons. The summed E-state index contributed by atoms with van der Waals surface area (Å²) in [5.41, 5.74) is 2.34. The van der Waals surface area contributed by atoms with E-state index in [1.807, 2.05) is 12.1 Å². The van der Waals surface area contributed by atoms with Crippen LogP contribution in [0.3, 0.4) is 0 Å². The van der Waals surface area contributed by atoms with Gasteiger partial charge in [0.15, 0.2) is 23.3 Å². The number of halogens is 3. The van der Waals surface area contributed by atoms with E-state index in [1.54, 1.807) is 12.3 Å². The van der Waals surface area contributed by atoms with E-state index in [4.69, 9.17) is 4.74 Å². The minimum Gasteiger partial charge on any atom is -0.394 e. The summed E-state index contributed by atoms with van der Waals surface area (Å²) in [7, 11) is 0. The molecule has 38 heavy (non-hydrogen) atoms. The highest BCUT2D eigenvalue weighted by Gasteiger charge is 2.48. The van der Waals surface area contributed by atoms with Gasteiger partial charge in [0.2, 0.25) is 0 Å². The number of benzene rings is 2. The van der Waals surface area contributed by atoms with Gasteiger partial charge < -0.3 is 20.1 Å². The number of rotatable bonds is 5. The Morgan fingerprint density at radius 1 is 1.05 bits per heavy atom. The zero-order chi connectivity index (χ0) is 26.6. The van der Waals surface area contributed by atoms with Gasteiger partial charge in [-0.05, 0) is 35.9 Å². The monoisotopic (exact) mass is 527 g/mol. The third-order valence-corrected chi connectivity index (χ3v) is 6.67. The number of hydrogen-bond donors (Lipinski definition) is 3. The Hall–Kier alpha value is -3.98. The van der Waals surface area contributed by atoms with Crippen LogP contribution in [0.15, 0.2) is 47.8 Å². The normalized spacial score (nSPS) is 24.6. The number of aromatic nitrogens is 6. The maximum atomic E-state index is 13.8. The molecular formula is C24H20F3N7O4. The number of aliphatic imine (C=N–C) groups is 1. The first-order valence-corrected chi connectivity index (χ1v) is 11.6. The van der Waals surface area contributed by atoms with Crippen LogP contribution in [0.4, 0.5) is 18.9 Å². The van der Waals surface area contributed by atoms with Gasteiger partial charge >= 0.3 is 0 Å². The van der Waals surface area contributed by atoms with E-state index >= 15 is 0 Å². The van der Waals surface area contributed by atoms with Crippen LogP contribution >= 0.6 is 0 Å². The first kappa shape index (κ1) is 24.4. The second-order valence-electron chi connectivity index (χ2n) is 8.95. The molecule has 2 aliphatic rings. The van der Waals surface area contributed by atoms with Crippen molar-refractivity contribution in [3.05, 3.63) is 71.7 Å². The average Bonchev–Trinajstić information content (AvgIpc) is 3.68. The third kappa shape index (κ3) is 3.98. The molecule has 0 saturated carbocycles. The largest absolute Gasteiger partial charge is 0.394 e. The van der Waals surface area contributed by atoms with E-state index in [0.29, 0.717) is 12.1 Å². The molecule has 0 bridgehead atoms. The number of nitrogens with zero attached hydrogens (tertiary/aromatic N) is 7. The average molecular weight is 527 g/mol. The Bertz CT molecular complexity index is 1520. The van der Waals surface area contributed by atoms with Gasteiger partial charge in [0.1, 0.15) is 42.5 Å². The van der Waals surface area contributed by atoms with E-state index in [-0.39, 0.29) is 17.1 Å². The van der Waals surface area contributed by atoms with Gasteiger partial charge in [-0.1, -0.05) is 5.21 Å². The summed E-state index contributed by atoms with van der Waals surface area (Å²) < 4.78 is 49.3. The highest BCUT2D eigenvalue weighted by atomic mass is 19.2. The second kappa shape index (κ2) is 9.40. The van der Waals surface area contributed by atoms with Crippen molar-refractivity contribution in [1.82, 2.24) is 29.8 Å². The molecule has 196 valence electrons. The lowest BCUT2D eigenvalue weighted by atomic mass is 9.92. The van der Waals surface area contributed by atoms with E-state index in [1.165, 1.54) is 17.2 Å². The Kier molecular flexibility index (Phi) is 6.03. The lowest BCUT2D eigenvalue weighted by molar-refractivity contribution is -0.210. The predicted molar refractivity (Wildman–Crippen MR) is 124 cm³/mol. The van der Waals surface area contributed by atoms with Crippen LogP contribution in [-0.4, -0.2) is 76.2 Å². The molecule has 4 aromatic rings. The van der Waals surface area contributed by atoms with E-state index in [0.717, 1.165) is 28.1 Å². The lowest BCUT2D eigenvalue weighted by Crippen LogP contribution is -2.53. The van der Waals surface area contributed by atoms with Crippen molar-refractivity contribution in [3.63, 3.8) is 0 Å². The molecule has 2 aromatic carbocycles. The zero-order valence-electron chi connectivity index (χ0n) is 19.4. The van der Waals surface area contributed by atoms with Crippen molar-refractivity contribution in [3.8, 4) is 16.9 Å². The molecule has 14 heteroatoms. The van der Waals surface area contributed by atoms with Crippen LogP contribution in [0.2, 0.25) is 0 Å². The quantitative estimate of drug-likeness (QED) is 0.332. The molecule has 0 spiro atoms. The fourth-order valence-corrected chi connectivity index (χ4v) is 4.76. The van der Waals surface area contributed by atoms with Crippen molar-refractivity contribution in [2.75, 3.05) is 6.61 Å². The van der Waals surface area contributed by atoms with Crippen molar-refractivity contribution in [1.29, 1.82) is 0 Å². The molecule has 2 aromatic heterocycles. The fraction of sp³-hybridized carbons (Fsp3) is 0.292.